The van der Waals surface area contributed by atoms with Crippen molar-refractivity contribution in [3.8, 4) is 5.75 Å². The van der Waals surface area contributed by atoms with Crippen LogP contribution < -0.4 is 10.1 Å². The van der Waals surface area contributed by atoms with Crippen molar-refractivity contribution in [2.24, 2.45) is 0 Å². The summed E-state index contributed by atoms with van der Waals surface area (Å²) in [5, 5.41) is 3.20. The zero-order valence-electron chi connectivity index (χ0n) is 9.97. The minimum Gasteiger partial charge on any atom is -0.404 e. The topological polar surface area (TPSA) is 38.3 Å². The molecule has 0 saturated heterocycles. The Morgan fingerprint density at radius 3 is 2.58 bits per heavy atom. The fourth-order valence-corrected chi connectivity index (χ4v) is 1.77. The molecule has 1 N–H and O–H groups in total. The Kier molecular flexibility index (Phi) is 6.14. The van der Waals surface area contributed by atoms with Crippen molar-refractivity contribution in [2.45, 2.75) is 25.6 Å². The number of hydrogen-bond acceptors (Lipinski definition) is 2. The standard InChI is InChI=1S/C12H13BrF3NO2/c13-8-4-3-7-11(18)17-9-5-1-2-6-10(9)19-12(14,15)16/h1-2,5-6H,3-4,7-8H2,(H,17,18). The highest BCUT2D eigenvalue weighted by atomic mass is 79.9. The van der Waals surface area contributed by atoms with Crippen LogP contribution in [0.25, 0.3) is 0 Å². The smallest absolute Gasteiger partial charge is 0.404 e. The Hall–Kier alpha value is -1.24. The maximum Gasteiger partial charge on any atom is 0.573 e. The van der Waals surface area contributed by atoms with Gasteiger partial charge in [-0.1, -0.05) is 28.1 Å². The van der Waals surface area contributed by atoms with Crippen LogP contribution in [0.3, 0.4) is 0 Å². The van der Waals surface area contributed by atoms with Crippen LogP contribution in [-0.2, 0) is 4.79 Å². The van der Waals surface area contributed by atoms with E-state index in [9.17, 15) is 18.0 Å². The van der Waals surface area contributed by atoms with Gasteiger partial charge in [0.2, 0.25) is 5.91 Å². The molecule has 1 rings (SSSR count). The van der Waals surface area contributed by atoms with E-state index >= 15 is 0 Å². The SMILES string of the molecule is O=C(CCCCBr)Nc1ccccc1OC(F)(F)F. The molecule has 0 atom stereocenters. The molecule has 106 valence electrons. The fourth-order valence-electron chi connectivity index (χ4n) is 1.38. The lowest BCUT2D eigenvalue weighted by atomic mass is 10.2. The Morgan fingerprint density at radius 1 is 1.26 bits per heavy atom. The zero-order valence-corrected chi connectivity index (χ0v) is 11.6. The molecule has 0 unspecified atom stereocenters. The van der Waals surface area contributed by atoms with E-state index < -0.39 is 12.1 Å². The third-order valence-electron chi connectivity index (χ3n) is 2.17. The number of alkyl halides is 4. The van der Waals surface area contributed by atoms with Gasteiger partial charge in [-0.05, 0) is 25.0 Å². The molecular weight excluding hydrogens is 327 g/mol. The summed E-state index contributed by atoms with van der Waals surface area (Å²) >= 11 is 3.23. The number of hydrogen-bond donors (Lipinski definition) is 1. The van der Waals surface area contributed by atoms with E-state index in [0.717, 1.165) is 17.8 Å². The number of benzene rings is 1. The second-order valence-electron chi connectivity index (χ2n) is 3.74. The van der Waals surface area contributed by atoms with Gasteiger partial charge in [0.1, 0.15) is 0 Å². The quantitative estimate of drug-likeness (QED) is 0.626. The Bertz CT molecular complexity index is 424. The largest absolute Gasteiger partial charge is 0.573 e. The zero-order chi connectivity index (χ0) is 14.3. The molecule has 7 heteroatoms. The predicted octanol–water partition coefficient (Wildman–Crippen LogP) is 4.09. The highest BCUT2D eigenvalue weighted by Gasteiger charge is 2.32. The van der Waals surface area contributed by atoms with E-state index in [0.29, 0.717) is 6.42 Å². The van der Waals surface area contributed by atoms with Gasteiger partial charge in [0.05, 0.1) is 5.69 Å². The van der Waals surface area contributed by atoms with Crippen LogP contribution in [0.4, 0.5) is 18.9 Å². The second-order valence-corrected chi connectivity index (χ2v) is 4.53. The maximum absolute atomic E-state index is 12.2. The summed E-state index contributed by atoms with van der Waals surface area (Å²) < 4.78 is 40.3. The molecule has 0 aliphatic heterocycles. The van der Waals surface area contributed by atoms with Crippen molar-refractivity contribution in [2.75, 3.05) is 10.6 Å². The number of ether oxygens (including phenoxy) is 1. The minimum absolute atomic E-state index is 0.0173. The van der Waals surface area contributed by atoms with Gasteiger partial charge in [-0.2, -0.15) is 0 Å². The predicted molar refractivity (Wildman–Crippen MR) is 69.4 cm³/mol. The number of halogens is 4. The van der Waals surface area contributed by atoms with Crippen LogP contribution in [0.15, 0.2) is 24.3 Å². The number of carbonyl (C=O) groups is 1. The lowest BCUT2D eigenvalue weighted by Gasteiger charge is -2.13. The monoisotopic (exact) mass is 339 g/mol. The molecule has 3 nitrogen and oxygen atoms in total. The summed E-state index contributed by atoms with van der Waals surface area (Å²) in [5.74, 6) is -0.747. The van der Waals surface area contributed by atoms with Crippen molar-refractivity contribution >= 4 is 27.5 Å². The van der Waals surface area contributed by atoms with Crippen molar-refractivity contribution < 1.29 is 22.7 Å². The first-order chi connectivity index (χ1) is 8.92. The number of nitrogens with one attached hydrogen (secondary N) is 1. The first-order valence-corrected chi connectivity index (χ1v) is 6.75. The number of rotatable bonds is 6. The van der Waals surface area contributed by atoms with Gasteiger partial charge in [-0.15, -0.1) is 13.2 Å². The maximum atomic E-state index is 12.2. The summed E-state index contributed by atoms with van der Waals surface area (Å²) in [7, 11) is 0. The first kappa shape index (κ1) is 15.8. The molecule has 0 aliphatic rings. The number of unbranched alkanes of at least 4 members (excludes halogenated alkanes) is 1. The van der Waals surface area contributed by atoms with Gasteiger partial charge in [0, 0.05) is 11.8 Å². The molecular formula is C12H13BrF3NO2. The molecule has 1 amide bonds. The Labute approximate surface area is 117 Å². The summed E-state index contributed by atoms with van der Waals surface area (Å²) in [4.78, 5) is 11.5. The van der Waals surface area contributed by atoms with Gasteiger partial charge < -0.3 is 10.1 Å². The number of para-hydroxylation sites is 2. The van der Waals surface area contributed by atoms with E-state index in [4.69, 9.17) is 0 Å². The summed E-state index contributed by atoms with van der Waals surface area (Å²) in [6, 6.07) is 5.45. The molecule has 1 aromatic rings. The van der Waals surface area contributed by atoms with Crippen molar-refractivity contribution in [1.82, 2.24) is 0 Å². The van der Waals surface area contributed by atoms with Gasteiger partial charge in [-0.3, -0.25) is 4.79 Å². The molecule has 0 aliphatic carbocycles. The molecule has 0 saturated carbocycles. The highest BCUT2D eigenvalue weighted by molar-refractivity contribution is 9.09. The highest BCUT2D eigenvalue weighted by Crippen LogP contribution is 2.29. The average Bonchev–Trinajstić information content (AvgIpc) is 2.30. The van der Waals surface area contributed by atoms with Gasteiger partial charge in [-0.25, -0.2) is 0 Å². The third kappa shape index (κ3) is 6.47. The van der Waals surface area contributed by atoms with E-state index in [-0.39, 0.29) is 18.0 Å². The molecule has 0 bridgehead atoms. The van der Waals surface area contributed by atoms with Crippen LogP contribution in [0.1, 0.15) is 19.3 Å². The molecule has 0 aromatic heterocycles. The Morgan fingerprint density at radius 2 is 1.95 bits per heavy atom. The van der Waals surface area contributed by atoms with Crippen molar-refractivity contribution in [1.29, 1.82) is 0 Å². The molecule has 0 radical (unpaired) electrons. The minimum atomic E-state index is -4.78. The molecule has 0 heterocycles. The average molecular weight is 340 g/mol. The van der Waals surface area contributed by atoms with Gasteiger partial charge in [0.25, 0.3) is 0 Å². The summed E-state index contributed by atoms with van der Waals surface area (Å²) in [6.45, 7) is 0. The van der Waals surface area contributed by atoms with Crippen molar-refractivity contribution in [3.63, 3.8) is 0 Å². The van der Waals surface area contributed by atoms with Crippen LogP contribution >= 0.6 is 15.9 Å². The van der Waals surface area contributed by atoms with Crippen LogP contribution in [0.5, 0.6) is 5.75 Å². The van der Waals surface area contributed by atoms with Crippen molar-refractivity contribution in [3.05, 3.63) is 24.3 Å². The molecule has 1 aromatic carbocycles. The van der Waals surface area contributed by atoms with E-state index in [1.54, 1.807) is 0 Å². The van der Waals surface area contributed by atoms with Crippen LogP contribution in [-0.4, -0.2) is 17.6 Å². The van der Waals surface area contributed by atoms with E-state index in [2.05, 4.69) is 26.0 Å². The van der Waals surface area contributed by atoms with E-state index in [1.807, 2.05) is 0 Å². The first-order valence-electron chi connectivity index (χ1n) is 5.63. The normalized spacial score (nSPS) is 11.2. The van der Waals surface area contributed by atoms with Crippen LogP contribution in [0.2, 0.25) is 0 Å². The van der Waals surface area contributed by atoms with Gasteiger partial charge >= 0.3 is 6.36 Å². The number of carbonyl (C=O) groups excluding carboxylic acids is 1. The van der Waals surface area contributed by atoms with E-state index in [1.165, 1.54) is 18.2 Å². The summed E-state index contributed by atoms with van der Waals surface area (Å²) in [5.41, 5.74) is 0.0173. The lowest BCUT2D eigenvalue weighted by molar-refractivity contribution is -0.274. The molecule has 19 heavy (non-hydrogen) atoms. The second kappa shape index (κ2) is 7.37. The Balaban J connectivity index is 2.64. The number of anilines is 1. The van der Waals surface area contributed by atoms with Gasteiger partial charge in [0.15, 0.2) is 5.75 Å². The lowest BCUT2D eigenvalue weighted by Crippen LogP contribution is -2.19. The third-order valence-corrected chi connectivity index (χ3v) is 2.74. The number of amides is 1. The molecule has 0 fully saturated rings. The summed E-state index contributed by atoms with van der Waals surface area (Å²) in [6.07, 6.45) is -3.03. The fraction of sp³-hybridized carbons (Fsp3) is 0.417. The van der Waals surface area contributed by atoms with Crippen LogP contribution in [0, 0.1) is 0 Å². The molecule has 0 spiro atoms.